The van der Waals surface area contributed by atoms with Gasteiger partial charge in [-0.15, -0.1) is 0 Å². The first-order valence-corrected chi connectivity index (χ1v) is 14.0. The molecule has 41 heavy (non-hydrogen) atoms. The van der Waals surface area contributed by atoms with E-state index in [1.165, 1.54) is 11.9 Å². The van der Waals surface area contributed by atoms with Crippen LogP contribution in [0, 0.1) is 0 Å². The van der Waals surface area contributed by atoms with Crippen molar-refractivity contribution in [3.8, 4) is 11.1 Å². The molecule has 0 bridgehead atoms. The maximum atomic E-state index is 13.7. The van der Waals surface area contributed by atoms with Crippen LogP contribution in [0.5, 0.6) is 0 Å². The molecule has 3 heterocycles. The summed E-state index contributed by atoms with van der Waals surface area (Å²) in [5.74, 6) is -0.341. The molecular weight excluding hydrogens is 538 g/mol. The number of carbonyl (C=O) groups excluding carboxylic acids is 2. The first-order chi connectivity index (χ1) is 19.8. The van der Waals surface area contributed by atoms with E-state index in [-0.39, 0.29) is 30.1 Å². The number of aromatic amines is 1. The van der Waals surface area contributed by atoms with Gasteiger partial charge in [-0.25, -0.2) is 5.01 Å². The van der Waals surface area contributed by atoms with E-state index in [1.807, 2.05) is 72.4 Å². The van der Waals surface area contributed by atoms with Gasteiger partial charge in [0.25, 0.3) is 5.56 Å². The lowest BCUT2D eigenvalue weighted by Gasteiger charge is -2.22. The number of carbonyl (C=O) groups is 2. The fourth-order valence-electron chi connectivity index (χ4n) is 5.46. The van der Waals surface area contributed by atoms with E-state index in [1.54, 1.807) is 12.1 Å². The number of hydrogen-bond acceptors (Lipinski definition) is 5. The number of pyridine rings is 1. The fourth-order valence-corrected chi connectivity index (χ4v) is 5.63. The number of H-pyrrole nitrogens is 1. The highest BCUT2D eigenvalue weighted by Gasteiger charge is 2.35. The van der Waals surface area contributed by atoms with Crippen LogP contribution in [0.2, 0.25) is 5.02 Å². The number of hydrazone groups is 1. The van der Waals surface area contributed by atoms with E-state index in [2.05, 4.69) is 10.1 Å². The summed E-state index contributed by atoms with van der Waals surface area (Å²) in [5, 5.41) is 13.1. The molecule has 3 aromatic carbocycles. The molecular formula is C32H28ClN5O3. The van der Waals surface area contributed by atoms with Gasteiger partial charge in [-0.2, -0.15) is 10.2 Å². The van der Waals surface area contributed by atoms with Crippen LogP contribution in [-0.4, -0.2) is 37.2 Å². The van der Waals surface area contributed by atoms with Crippen LogP contribution < -0.4 is 5.56 Å². The summed E-state index contributed by atoms with van der Waals surface area (Å²) in [6, 6.07) is 20.5. The lowest BCUT2D eigenvalue weighted by molar-refractivity contribution is -0.134. The molecule has 1 aliphatic heterocycles. The molecule has 1 unspecified atom stereocenters. The second kappa shape index (κ2) is 10.8. The van der Waals surface area contributed by atoms with Crippen LogP contribution in [0.4, 0.5) is 0 Å². The van der Waals surface area contributed by atoms with Gasteiger partial charge in [0.15, 0.2) is 0 Å². The highest BCUT2D eigenvalue weighted by atomic mass is 35.5. The number of fused-ring (bicyclic) bond motifs is 2. The van der Waals surface area contributed by atoms with Crippen molar-refractivity contribution >= 4 is 50.8 Å². The SMILES string of the molecule is CCn1cc2cc(C3CC(c4c(-c5ccccc5)c5cc(Cl)ccc5[nH]c4=O)=NN3C(=O)CCC(C)=O)ccc2n1. The summed E-state index contributed by atoms with van der Waals surface area (Å²) in [6.45, 7) is 4.24. The third-order valence-electron chi connectivity index (χ3n) is 7.47. The van der Waals surface area contributed by atoms with Crippen LogP contribution in [0.25, 0.3) is 32.9 Å². The fraction of sp³-hybridized carbons (Fsp3) is 0.219. The molecule has 0 saturated heterocycles. The summed E-state index contributed by atoms with van der Waals surface area (Å²) < 4.78 is 1.87. The molecule has 1 amide bonds. The molecule has 1 aliphatic rings. The molecule has 0 aliphatic carbocycles. The van der Waals surface area contributed by atoms with Crippen molar-refractivity contribution in [3.05, 3.63) is 99.4 Å². The second-order valence-corrected chi connectivity index (χ2v) is 10.7. The lowest BCUT2D eigenvalue weighted by atomic mass is 9.91. The van der Waals surface area contributed by atoms with Crippen LogP contribution in [0.15, 0.2) is 82.8 Å². The van der Waals surface area contributed by atoms with Crippen molar-refractivity contribution in [2.24, 2.45) is 5.10 Å². The van der Waals surface area contributed by atoms with Gasteiger partial charge in [0.2, 0.25) is 5.91 Å². The van der Waals surface area contributed by atoms with E-state index in [0.29, 0.717) is 33.8 Å². The monoisotopic (exact) mass is 565 g/mol. The van der Waals surface area contributed by atoms with Crippen molar-refractivity contribution in [1.29, 1.82) is 0 Å². The maximum absolute atomic E-state index is 13.7. The Bertz CT molecular complexity index is 1910. The van der Waals surface area contributed by atoms with Crippen molar-refractivity contribution in [2.75, 3.05) is 0 Å². The van der Waals surface area contributed by atoms with Crippen molar-refractivity contribution in [1.82, 2.24) is 19.8 Å². The molecule has 1 N–H and O–H groups in total. The zero-order chi connectivity index (χ0) is 28.7. The third kappa shape index (κ3) is 5.07. The molecule has 0 fully saturated rings. The first kappa shape index (κ1) is 26.7. The standard InChI is InChI=1S/C32H28ClN5O3/c1-3-37-18-22-15-21(10-12-25(22)35-37)28-17-27(36-38(28)29(40)14-9-19(2)39)31-30(20-7-5-4-6-8-20)24-16-23(33)11-13-26(24)34-32(31)41/h4-8,10-13,15-16,18,28H,3,9,14,17H2,1-2H3,(H,34,41). The molecule has 1 atom stereocenters. The molecule has 0 spiro atoms. The topological polar surface area (TPSA) is 100 Å². The zero-order valence-corrected chi connectivity index (χ0v) is 23.5. The van der Waals surface area contributed by atoms with Crippen LogP contribution in [-0.2, 0) is 16.1 Å². The number of halogens is 1. The summed E-state index contributed by atoms with van der Waals surface area (Å²) >= 11 is 6.41. The Kier molecular flexibility index (Phi) is 7.01. The van der Waals surface area contributed by atoms with E-state index in [0.717, 1.165) is 34.0 Å². The number of Topliss-reactive ketones (excluding diaryl/α,β-unsaturated/α-hetero) is 1. The van der Waals surface area contributed by atoms with Gasteiger partial charge < -0.3 is 9.78 Å². The van der Waals surface area contributed by atoms with Gasteiger partial charge in [-0.3, -0.25) is 14.3 Å². The predicted octanol–water partition coefficient (Wildman–Crippen LogP) is 6.27. The van der Waals surface area contributed by atoms with Gasteiger partial charge in [-0.1, -0.05) is 48.0 Å². The molecule has 206 valence electrons. The molecule has 0 radical (unpaired) electrons. The lowest BCUT2D eigenvalue weighted by Crippen LogP contribution is -2.27. The van der Waals surface area contributed by atoms with E-state index in [4.69, 9.17) is 16.7 Å². The Morgan fingerprint density at radius 3 is 2.59 bits per heavy atom. The smallest absolute Gasteiger partial charge is 0.258 e. The highest BCUT2D eigenvalue weighted by molar-refractivity contribution is 6.31. The average Bonchev–Trinajstić information content (AvgIpc) is 3.60. The summed E-state index contributed by atoms with van der Waals surface area (Å²) in [5.41, 5.74) is 4.55. The number of hydrogen-bond donors (Lipinski definition) is 1. The minimum Gasteiger partial charge on any atom is -0.321 e. The molecule has 6 rings (SSSR count). The molecule has 0 saturated carbocycles. The maximum Gasteiger partial charge on any atom is 0.258 e. The zero-order valence-electron chi connectivity index (χ0n) is 22.7. The van der Waals surface area contributed by atoms with Crippen molar-refractivity contribution in [3.63, 3.8) is 0 Å². The minimum absolute atomic E-state index is 0.0356. The molecule has 9 heteroatoms. The largest absolute Gasteiger partial charge is 0.321 e. The Balaban J connectivity index is 1.52. The Morgan fingerprint density at radius 1 is 1.02 bits per heavy atom. The number of nitrogens with zero attached hydrogens (tertiary/aromatic N) is 4. The normalized spacial score (nSPS) is 15.0. The first-order valence-electron chi connectivity index (χ1n) is 13.6. The number of benzene rings is 3. The summed E-state index contributed by atoms with van der Waals surface area (Å²) in [7, 11) is 0. The van der Waals surface area contributed by atoms with Crippen molar-refractivity contribution < 1.29 is 9.59 Å². The number of amides is 1. The molecule has 2 aromatic heterocycles. The van der Waals surface area contributed by atoms with E-state index >= 15 is 0 Å². The summed E-state index contributed by atoms with van der Waals surface area (Å²) in [4.78, 5) is 41.9. The molecule has 5 aromatic rings. The number of aryl methyl sites for hydroxylation is 1. The summed E-state index contributed by atoms with van der Waals surface area (Å²) in [6.07, 6.45) is 2.46. The minimum atomic E-state index is -0.447. The van der Waals surface area contributed by atoms with Crippen LogP contribution in [0.1, 0.15) is 50.3 Å². The van der Waals surface area contributed by atoms with E-state index in [9.17, 15) is 14.4 Å². The predicted molar refractivity (Wildman–Crippen MR) is 161 cm³/mol. The number of nitrogens with one attached hydrogen (secondary N) is 1. The van der Waals surface area contributed by atoms with Crippen LogP contribution >= 0.6 is 11.6 Å². The number of ketones is 1. The Labute approximate surface area is 241 Å². The average molecular weight is 566 g/mol. The Hall–Kier alpha value is -4.56. The van der Waals surface area contributed by atoms with E-state index < -0.39 is 6.04 Å². The van der Waals surface area contributed by atoms with Crippen LogP contribution in [0.3, 0.4) is 0 Å². The van der Waals surface area contributed by atoms with Gasteiger partial charge in [0.1, 0.15) is 5.78 Å². The second-order valence-electron chi connectivity index (χ2n) is 10.3. The van der Waals surface area contributed by atoms with Crippen molar-refractivity contribution in [2.45, 2.75) is 45.7 Å². The highest BCUT2D eigenvalue weighted by Crippen LogP contribution is 2.38. The van der Waals surface area contributed by atoms with Gasteiger partial charge in [-0.05, 0) is 55.3 Å². The quantitative estimate of drug-likeness (QED) is 0.251. The number of aromatic nitrogens is 3. The number of rotatable bonds is 7. The Morgan fingerprint density at radius 2 is 1.83 bits per heavy atom. The molecule has 8 nitrogen and oxygen atoms in total. The van der Waals surface area contributed by atoms with Gasteiger partial charge in [0.05, 0.1) is 22.8 Å². The van der Waals surface area contributed by atoms with Gasteiger partial charge in [0, 0.05) is 58.9 Å². The third-order valence-corrected chi connectivity index (χ3v) is 7.70. The van der Waals surface area contributed by atoms with Gasteiger partial charge >= 0.3 is 0 Å².